The number of fused-ring (bicyclic) bond motifs is 3. The normalized spacial score (nSPS) is 16.2. The lowest BCUT2D eigenvalue weighted by atomic mass is 9.94. The summed E-state index contributed by atoms with van der Waals surface area (Å²) in [6.45, 7) is 7.64. The van der Waals surface area contributed by atoms with Crippen molar-refractivity contribution in [2.45, 2.75) is 37.5 Å². The van der Waals surface area contributed by atoms with Crippen LogP contribution >= 0.6 is 0 Å². The molecule has 250 valence electrons. The van der Waals surface area contributed by atoms with Gasteiger partial charge in [0.1, 0.15) is 5.82 Å². The molecular formula is C41H35N3O4S2. The topological polar surface area (TPSA) is 87.1 Å². The summed E-state index contributed by atoms with van der Waals surface area (Å²) in [6.07, 6.45) is 5.63. The van der Waals surface area contributed by atoms with Crippen molar-refractivity contribution in [3.05, 3.63) is 178 Å². The third-order valence-electron chi connectivity index (χ3n) is 8.68. The van der Waals surface area contributed by atoms with Crippen molar-refractivity contribution in [2.24, 2.45) is 4.40 Å². The largest absolute Gasteiger partial charge is 0.294 e. The number of rotatable bonds is 6. The molecule has 0 saturated heterocycles. The van der Waals surface area contributed by atoms with E-state index in [0.29, 0.717) is 16.8 Å². The molecule has 2 aliphatic heterocycles. The van der Waals surface area contributed by atoms with Gasteiger partial charge in [-0.1, -0.05) is 119 Å². The van der Waals surface area contributed by atoms with Crippen LogP contribution in [0.1, 0.15) is 38.9 Å². The smallest absolute Gasteiger partial charge is 0.284 e. The molecule has 7 rings (SSSR count). The molecule has 0 spiro atoms. The van der Waals surface area contributed by atoms with Crippen LogP contribution in [0, 0.1) is 27.7 Å². The fourth-order valence-corrected chi connectivity index (χ4v) is 8.65. The average Bonchev–Trinajstić information content (AvgIpc) is 3.08. The van der Waals surface area contributed by atoms with Crippen molar-refractivity contribution < 1.29 is 16.8 Å². The first-order chi connectivity index (χ1) is 23.9. The molecule has 0 amide bonds. The molecule has 50 heavy (non-hydrogen) atoms. The summed E-state index contributed by atoms with van der Waals surface area (Å²) in [7, 11) is -8.94. The van der Waals surface area contributed by atoms with Gasteiger partial charge in [-0.3, -0.25) is 4.90 Å². The Morgan fingerprint density at radius 2 is 1.22 bits per heavy atom. The zero-order valence-electron chi connectivity index (χ0n) is 28.1. The van der Waals surface area contributed by atoms with E-state index in [1.807, 2.05) is 118 Å². The minimum Gasteiger partial charge on any atom is -0.294 e. The molecule has 7 nitrogen and oxygen atoms in total. The van der Waals surface area contributed by atoms with E-state index in [1.165, 1.54) is 24.3 Å². The fourth-order valence-electron chi connectivity index (χ4n) is 6.18. The van der Waals surface area contributed by atoms with Gasteiger partial charge in [0, 0.05) is 0 Å². The number of nitrogens with zero attached hydrogens (tertiary/aromatic N) is 3. The minimum absolute atomic E-state index is 0.00782. The summed E-state index contributed by atoms with van der Waals surface area (Å²) in [6, 6.07) is 35.9. The molecule has 0 saturated carbocycles. The molecule has 0 aromatic heterocycles. The highest BCUT2D eigenvalue weighted by atomic mass is 32.2. The van der Waals surface area contributed by atoms with Crippen molar-refractivity contribution in [3.63, 3.8) is 0 Å². The molecule has 0 radical (unpaired) electrons. The van der Waals surface area contributed by atoms with Gasteiger partial charge in [0.2, 0.25) is 0 Å². The molecule has 0 N–H and O–H groups in total. The van der Waals surface area contributed by atoms with Crippen LogP contribution in [0.25, 0.3) is 17.7 Å². The summed E-state index contributed by atoms with van der Waals surface area (Å²) in [5.41, 5.74) is 7.55. The molecule has 0 atom stereocenters. The summed E-state index contributed by atoms with van der Waals surface area (Å²) in [5.74, 6) is -0.0248. The van der Waals surface area contributed by atoms with Crippen molar-refractivity contribution in [3.8, 4) is 0 Å². The zero-order valence-corrected chi connectivity index (χ0v) is 29.7. The number of hydrogen-bond acceptors (Lipinski definition) is 5. The summed E-state index contributed by atoms with van der Waals surface area (Å²) < 4.78 is 64.6. The van der Waals surface area contributed by atoms with Crippen molar-refractivity contribution >= 4 is 49.3 Å². The van der Waals surface area contributed by atoms with E-state index in [4.69, 9.17) is 0 Å². The van der Waals surface area contributed by atoms with Gasteiger partial charge in [-0.05, 0) is 86.9 Å². The van der Waals surface area contributed by atoms with Gasteiger partial charge >= 0.3 is 0 Å². The molecule has 2 aliphatic rings. The number of allylic oxidation sites excluding steroid dienone is 1. The Morgan fingerprint density at radius 3 is 1.88 bits per heavy atom. The second-order valence-corrected chi connectivity index (χ2v) is 16.0. The Bertz CT molecular complexity index is 2500. The Kier molecular flexibility index (Phi) is 8.41. The number of anilines is 1. The summed E-state index contributed by atoms with van der Waals surface area (Å²) >= 11 is 0. The van der Waals surface area contributed by atoms with Gasteiger partial charge in [-0.2, -0.15) is 12.7 Å². The first-order valence-electron chi connectivity index (χ1n) is 16.1. The lowest BCUT2D eigenvalue weighted by Gasteiger charge is -2.43. The number of aryl methyl sites for hydroxylation is 4. The first kappa shape index (κ1) is 33.0. The van der Waals surface area contributed by atoms with Crippen LogP contribution in [0.5, 0.6) is 0 Å². The zero-order chi connectivity index (χ0) is 35.2. The van der Waals surface area contributed by atoms with Crippen LogP contribution in [-0.4, -0.2) is 27.0 Å². The Hall–Kier alpha value is -5.51. The molecule has 5 aromatic carbocycles. The molecule has 2 heterocycles. The van der Waals surface area contributed by atoms with Gasteiger partial charge in [0.05, 0.1) is 26.7 Å². The first-order valence-corrected chi connectivity index (χ1v) is 19.0. The van der Waals surface area contributed by atoms with E-state index in [1.54, 1.807) is 30.3 Å². The number of para-hydroxylation sites is 1. The second kappa shape index (κ2) is 12.7. The van der Waals surface area contributed by atoms with Gasteiger partial charge in [0.25, 0.3) is 20.0 Å². The van der Waals surface area contributed by atoms with E-state index in [2.05, 4.69) is 4.40 Å². The van der Waals surface area contributed by atoms with Crippen molar-refractivity contribution in [1.82, 2.24) is 4.31 Å². The van der Waals surface area contributed by atoms with E-state index >= 15 is 8.42 Å². The SMILES string of the molecule is Cc1ccc(S(=O)(=O)/N=C2\C(c3cccc(C)c3)=C3C=Cc4ccccc4N3/C(=C\c3cccc(C)c3)N2S(=O)(=O)c2ccc(C)cc2)cc1. The number of hydrogen-bond donors (Lipinski definition) is 0. The van der Waals surface area contributed by atoms with E-state index in [-0.39, 0.29) is 21.4 Å². The molecule has 0 aliphatic carbocycles. The number of sulfonamides is 2. The molecule has 0 bridgehead atoms. The lowest BCUT2D eigenvalue weighted by molar-refractivity contribution is 0.550. The number of benzene rings is 5. The predicted molar refractivity (Wildman–Crippen MR) is 201 cm³/mol. The van der Waals surface area contributed by atoms with E-state index in [0.717, 1.165) is 43.4 Å². The Labute approximate surface area is 294 Å². The van der Waals surface area contributed by atoms with Gasteiger partial charge < -0.3 is 0 Å². The minimum atomic E-state index is -4.50. The Morgan fingerprint density at radius 1 is 0.600 bits per heavy atom. The van der Waals surface area contributed by atoms with Crippen molar-refractivity contribution in [2.75, 3.05) is 4.90 Å². The average molecular weight is 698 g/mol. The van der Waals surface area contributed by atoms with Crippen LogP contribution in [0.2, 0.25) is 0 Å². The van der Waals surface area contributed by atoms with Crippen LogP contribution in [0.3, 0.4) is 0 Å². The Balaban J connectivity index is 1.65. The third kappa shape index (κ3) is 6.10. The quantitative estimate of drug-likeness (QED) is 0.177. The van der Waals surface area contributed by atoms with Crippen LogP contribution in [0.4, 0.5) is 5.69 Å². The highest BCUT2D eigenvalue weighted by Gasteiger charge is 2.44. The second-order valence-electron chi connectivity index (χ2n) is 12.6. The maximum Gasteiger partial charge on any atom is 0.284 e. The molecular weight excluding hydrogens is 663 g/mol. The lowest BCUT2D eigenvalue weighted by Crippen LogP contribution is -2.48. The maximum absolute atomic E-state index is 15.2. The summed E-state index contributed by atoms with van der Waals surface area (Å²) in [5, 5.41) is 0. The molecule has 0 fully saturated rings. The predicted octanol–water partition coefficient (Wildman–Crippen LogP) is 8.66. The molecule has 9 heteroatoms. The standard InChI is InChI=1S/C41H35N3O4S2/c1-28-15-20-35(21-16-28)49(45,46)42-41-40(34-13-8-10-31(4)26-34)38-24-19-33-12-5-6-14-37(33)43(38)39(27-32-11-7-9-30(3)25-32)44(41)50(47,48)36-22-17-29(2)18-23-36/h5-27H,1-4H3/b39-27+,42-41+. The van der Waals surface area contributed by atoms with E-state index in [9.17, 15) is 8.42 Å². The fraction of sp³-hybridized carbons (Fsp3) is 0.0976. The van der Waals surface area contributed by atoms with Crippen molar-refractivity contribution in [1.29, 1.82) is 0 Å². The highest BCUT2D eigenvalue weighted by molar-refractivity contribution is 7.91. The van der Waals surface area contributed by atoms with Crippen LogP contribution in [0.15, 0.2) is 153 Å². The molecule has 5 aromatic rings. The van der Waals surface area contributed by atoms with Crippen LogP contribution in [-0.2, 0) is 20.0 Å². The van der Waals surface area contributed by atoms with Gasteiger partial charge in [-0.25, -0.2) is 8.42 Å². The maximum atomic E-state index is 15.2. The van der Waals surface area contributed by atoms with E-state index < -0.39 is 20.0 Å². The molecule has 0 unspecified atom stereocenters. The summed E-state index contributed by atoms with van der Waals surface area (Å²) in [4.78, 5) is 1.83. The monoisotopic (exact) mass is 697 g/mol. The van der Waals surface area contributed by atoms with Gasteiger partial charge in [-0.15, -0.1) is 4.40 Å². The van der Waals surface area contributed by atoms with Crippen LogP contribution < -0.4 is 4.90 Å². The third-order valence-corrected chi connectivity index (χ3v) is 11.7. The van der Waals surface area contributed by atoms with Gasteiger partial charge in [0.15, 0.2) is 5.84 Å². The highest BCUT2D eigenvalue weighted by Crippen LogP contribution is 2.46. The number of amidine groups is 1.